The Kier molecular flexibility index (Phi) is 3.13. The first-order valence-electron chi connectivity index (χ1n) is 6.03. The van der Waals surface area contributed by atoms with E-state index in [1.165, 1.54) is 31.4 Å². The maximum atomic E-state index is 14.0. The maximum absolute atomic E-state index is 14.0. The molecule has 1 aromatic heterocycles. The smallest absolute Gasteiger partial charge is 0.350 e. The predicted octanol–water partition coefficient (Wildman–Crippen LogP) is 3.14. The highest BCUT2D eigenvalue weighted by Crippen LogP contribution is 2.25. The zero-order valence-corrected chi connectivity index (χ0v) is 10.9. The van der Waals surface area contributed by atoms with E-state index in [1.807, 2.05) is 0 Å². The summed E-state index contributed by atoms with van der Waals surface area (Å²) in [6, 6.07) is 8.04. The first kappa shape index (κ1) is 13.2. The number of benzene rings is 2. The van der Waals surface area contributed by atoms with Gasteiger partial charge in [0.05, 0.1) is 18.2 Å². The number of nitrogens with zero attached hydrogens (tertiary/aromatic N) is 1. The fourth-order valence-corrected chi connectivity index (χ4v) is 1.99. The predicted molar refractivity (Wildman–Crippen MR) is 72.2 cm³/mol. The molecule has 4 nitrogen and oxygen atoms in total. The summed E-state index contributed by atoms with van der Waals surface area (Å²) < 4.78 is 37.4. The van der Waals surface area contributed by atoms with Gasteiger partial charge >= 0.3 is 5.63 Å². The Hall–Kier alpha value is -2.76. The van der Waals surface area contributed by atoms with Crippen molar-refractivity contribution in [2.24, 2.45) is 0 Å². The second-order valence-electron chi connectivity index (χ2n) is 4.29. The van der Waals surface area contributed by atoms with E-state index in [0.29, 0.717) is 5.75 Å². The molecule has 2 aromatic carbocycles. The quantitative estimate of drug-likeness (QED) is 0.727. The summed E-state index contributed by atoms with van der Waals surface area (Å²) in [5.74, 6) is -1.26. The normalized spacial score (nSPS) is 10.8. The number of rotatable bonds is 2. The van der Waals surface area contributed by atoms with E-state index in [2.05, 4.69) is 4.98 Å². The molecule has 0 amide bonds. The van der Waals surface area contributed by atoms with Crippen molar-refractivity contribution in [3.8, 4) is 17.2 Å². The zero-order valence-electron chi connectivity index (χ0n) is 10.9. The molecule has 0 aliphatic heterocycles. The van der Waals surface area contributed by atoms with Gasteiger partial charge in [-0.3, -0.25) is 0 Å². The molecule has 0 atom stereocenters. The minimum atomic E-state index is -0.900. The molecule has 3 aromatic rings. The monoisotopic (exact) mass is 289 g/mol. The number of hydrogen-bond acceptors (Lipinski definition) is 4. The number of hydrogen-bond donors (Lipinski definition) is 0. The van der Waals surface area contributed by atoms with E-state index in [9.17, 15) is 13.6 Å². The van der Waals surface area contributed by atoms with E-state index < -0.39 is 17.3 Å². The number of methoxy groups -OCH3 is 1. The highest BCUT2D eigenvalue weighted by atomic mass is 19.1. The van der Waals surface area contributed by atoms with Crippen molar-refractivity contribution in [1.29, 1.82) is 0 Å². The van der Waals surface area contributed by atoms with Crippen LogP contribution < -0.4 is 10.4 Å². The molecule has 106 valence electrons. The van der Waals surface area contributed by atoms with Crippen LogP contribution in [0.25, 0.3) is 22.4 Å². The van der Waals surface area contributed by atoms with Crippen molar-refractivity contribution < 1.29 is 17.9 Å². The first-order chi connectivity index (χ1) is 10.1. The van der Waals surface area contributed by atoms with Crippen LogP contribution in [0.1, 0.15) is 0 Å². The molecule has 0 aliphatic rings. The Morgan fingerprint density at radius 2 is 1.95 bits per heavy atom. The number of ether oxygens (including phenoxy) is 1. The second-order valence-corrected chi connectivity index (χ2v) is 4.29. The Morgan fingerprint density at radius 3 is 2.67 bits per heavy atom. The van der Waals surface area contributed by atoms with Gasteiger partial charge in [0, 0.05) is 6.07 Å². The van der Waals surface area contributed by atoms with E-state index in [1.54, 1.807) is 0 Å². The lowest BCUT2D eigenvalue weighted by atomic mass is 10.2. The molecule has 0 bridgehead atoms. The van der Waals surface area contributed by atoms with Crippen LogP contribution in [0.4, 0.5) is 8.78 Å². The van der Waals surface area contributed by atoms with Gasteiger partial charge in [0.1, 0.15) is 22.8 Å². The Labute approximate surface area is 117 Å². The molecule has 0 saturated carbocycles. The van der Waals surface area contributed by atoms with Crippen LogP contribution >= 0.6 is 0 Å². The van der Waals surface area contributed by atoms with Gasteiger partial charge in [0.25, 0.3) is 0 Å². The molecule has 3 rings (SSSR count). The highest BCUT2D eigenvalue weighted by Gasteiger charge is 2.15. The van der Waals surface area contributed by atoms with Crippen LogP contribution in [0.2, 0.25) is 0 Å². The molecule has 0 radical (unpaired) electrons. The summed E-state index contributed by atoms with van der Waals surface area (Å²) in [7, 11) is 1.41. The van der Waals surface area contributed by atoms with Gasteiger partial charge in [-0.1, -0.05) is 6.07 Å². The van der Waals surface area contributed by atoms with Crippen LogP contribution in [-0.2, 0) is 0 Å². The molecule has 0 fully saturated rings. The highest BCUT2D eigenvalue weighted by molar-refractivity contribution is 5.79. The summed E-state index contributed by atoms with van der Waals surface area (Å²) in [6.45, 7) is 0. The molecular formula is C15H9F2NO3. The third-order valence-corrected chi connectivity index (χ3v) is 3.01. The van der Waals surface area contributed by atoms with Gasteiger partial charge in [-0.25, -0.2) is 18.6 Å². The van der Waals surface area contributed by atoms with Crippen molar-refractivity contribution in [3.05, 3.63) is 58.5 Å². The summed E-state index contributed by atoms with van der Waals surface area (Å²) in [4.78, 5) is 15.8. The lowest BCUT2D eigenvalue weighted by Crippen LogP contribution is -2.05. The third-order valence-electron chi connectivity index (χ3n) is 3.01. The molecule has 0 N–H and O–H groups in total. The van der Waals surface area contributed by atoms with E-state index in [4.69, 9.17) is 9.15 Å². The lowest BCUT2D eigenvalue weighted by molar-refractivity contribution is 0.411. The summed E-state index contributed by atoms with van der Waals surface area (Å²) in [5, 5.41) is -0.254. The second kappa shape index (κ2) is 4.97. The largest absolute Gasteiger partial charge is 0.497 e. The van der Waals surface area contributed by atoms with Crippen LogP contribution in [0.5, 0.6) is 5.75 Å². The SMILES string of the molecule is COc1ccc(-c2nc3cccc(F)c3c(=O)o2)c(F)c1. The van der Waals surface area contributed by atoms with Gasteiger partial charge in [0.2, 0.25) is 5.89 Å². The Bertz CT molecular complexity index is 890. The van der Waals surface area contributed by atoms with Gasteiger partial charge < -0.3 is 9.15 Å². The zero-order chi connectivity index (χ0) is 15.0. The minimum absolute atomic E-state index is 0.000869. The van der Waals surface area contributed by atoms with Crippen LogP contribution in [0, 0.1) is 11.6 Å². The molecule has 0 spiro atoms. The van der Waals surface area contributed by atoms with Crippen molar-refractivity contribution in [2.75, 3.05) is 7.11 Å². The van der Waals surface area contributed by atoms with E-state index in [-0.39, 0.29) is 22.4 Å². The molecule has 1 heterocycles. The third kappa shape index (κ3) is 2.24. The molecule has 6 heteroatoms. The van der Waals surface area contributed by atoms with Crippen molar-refractivity contribution in [3.63, 3.8) is 0 Å². The van der Waals surface area contributed by atoms with E-state index in [0.717, 1.165) is 12.1 Å². The van der Waals surface area contributed by atoms with Gasteiger partial charge in [0.15, 0.2) is 0 Å². The van der Waals surface area contributed by atoms with Crippen molar-refractivity contribution in [1.82, 2.24) is 4.98 Å². The number of halogens is 2. The Balaban J connectivity index is 2.25. The molecule has 21 heavy (non-hydrogen) atoms. The number of aromatic nitrogens is 1. The molecule has 0 aliphatic carbocycles. The van der Waals surface area contributed by atoms with Crippen LogP contribution in [-0.4, -0.2) is 12.1 Å². The summed E-state index contributed by atoms with van der Waals surface area (Å²) in [5.41, 5.74) is -0.793. The minimum Gasteiger partial charge on any atom is -0.497 e. The standard InChI is InChI=1S/C15H9F2NO3/c1-20-8-5-6-9(11(17)7-8)14-18-12-4-2-3-10(16)13(12)15(19)21-14/h2-7H,1H3. The average molecular weight is 289 g/mol. The Morgan fingerprint density at radius 1 is 1.14 bits per heavy atom. The topological polar surface area (TPSA) is 52.3 Å². The molecular weight excluding hydrogens is 280 g/mol. The molecule has 0 unspecified atom stereocenters. The molecule has 0 saturated heterocycles. The summed E-state index contributed by atoms with van der Waals surface area (Å²) in [6.07, 6.45) is 0. The van der Waals surface area contributed by atoms with Crippen LogP contribution in [0.3, 0.4) is 0 Å². The average Bonchev–Trinajstić information content (AvgIpc) is 2.46. The summed E-state index contributed by atoms with van der Waals surface area (Å²) >= 11 is 0. The maximum Gasteiger partial charge on any atom is 0.350 e. The fraction of sp³-hybridized carbons (Fsp3) is 0.0667. The fourth-order valence-electron chi connectivity index (χ4n) is 1.99. The van der Waals surface area contributed by atoms with Gasteiger partial charge in [-0.2, -0.15) is 0 Å². The van der Waals surface area contributed by atoms with Crippen molar-refractivity contribution in [2.45, 2.75) is 0 Å². The van der Waals surface area contributed by atoms with E-state index >= 15 is 0 Å². The first-order valence-corrected chi connectivity index (χ1v) is 6.03. The number of fused-ring (bicyclic) bond motifs is 1. The van der Waals surface area contributed by atoms with Gasteiger partial charge in [-0.15, -0.1) is 0 Å². The lowest BCUT2D eigenvalue weighted by Gasteiger charge is -2.05. The van der Waals surface area contributed by atoms with Gasteiger partial charge in [-0.05, 0) is 24.3 Å². The van der Waals surface area contributed by atoms with Crippen LogP contribution in [0.15, 0.2) is 45.6 Å². The van der Waals surface area contributed by atoms with Crippen molar-refractivity contribution >= 4 is 10.9 Å².